The van der Waals surface area contributed by atoms with Crippen LogP contribution in [0.2, 0.25) is 0 Å². The lowest BCUT2D eigenvalue weighted by Gasteiger charge is -1.98. The van der Waals surface area contributed by atoms with E-state index in [-0.39, 0.29) is 29.5 Å². The zero-order chi connectivity index (χ0) is 9.68. The summed E-state index contributed by atoms with van der Waals surface area (Å²) in [5, 5.41) is 0. The highest BCUT2D eigenvalue weighted by Gasteiger charge is 2.12. The number of hydrogen-bond acceptors (Lipinski definition) is 2. The average Bonchev–Trinajstić information content (AvgIpc) is 2.09. The average molecular weight is 325 g/mol. The molecule has 0 aromatic carbocycles. The number of pyridine rings is 1. The number of carbonyl (C=O) groups excluding carboxylic acids is 1. The Morgan fingerprint density at radius 2 is 2.29 bits per heavy atom. The first-order valence-electron chi connectivity index (χ1n) is 4.03. The van der Waals surface area contributed by atoms with Gasteiger partial charge in [-0.3, -0.25) is 0 Å². The minimum absolute atomic E-state index is 0. The largest absolute Gasteiger partial charge is 1.00 e. The molecule has 1 heterocycles. The summed E-state index contributed by atoms with van der Waals surface area (Å²) in [5.41, 5.74) is 0. The summed E-state index contributed by atoms with van der Waals surface area (Å²) in [6.07, 6.45) is 1.82. The second-order valence-electron chi connectivity index (χ2n) is 2.46. The highest BCUT2D eigenvalue weighted by molar-refractivity contribution is 9.10. The van der Waals surface area contributed by atoms with Crippen LogP contribution >= 0.6 is 15.9 Å². The molecule has 0 radical (unpaired) electrons. The molecule has 1 aromatic heterocycles. The number of esters is 1. The molecule has 14 heavy (non-hydrogen) atoms. The third-order valence-electron chi connectivity index (χ3n) is 1.49. The molecule has 0 saturated heterocycles. The van der Waals surface area contributed by atoms with Crippen molar-refractivity contribution in [1.82, 2.24) is 0 Å². The molecule has 0 unspecified atom stereocenters. The molecule has 0 fully saturated rings. The van der Waals surface area contributed by atoms with Gasteiger partial charge in [0, 0.05) is 28.1 Å². The van der Waals surface area contributed by atoms with Crippen LogP contribution in [0.3, 0.4) is 0 Å². The van der Waals surface area contributed by atoms with Crippen molar-refractivity contribution in [3.63, 3.8) is 0 Å². The van der Waals surface area contributed by atoms with E-state index in [1.54, 1.807) is 11.5 Å². The van der Waals surface area contributed by atoms with Gasteiger partial charge in [0.2, 0.25) is 11.1 Å². The Morgan fingerprint density at radius 3 is 2.86 bits per heavy atom. The first-order chi connectivity index (χ1) is 6.24. The number of carbonyl (C=O) groups is 1. The molecule has 0 aliphatic rings. The van der Waals surface area contributed by atoms with Crippen molar-refractivity contribution in [3.8, 4) is 0 Å². The predicted octanol–water partition coefficient (Wildman–Crippen LogP) is -1.70. The van der Waals surface area contributed by atoms with Gasteiger partial charge in [0.25, 0.3) is 0 Å². The second-order valence-corrected chi connectivity index (χ2v) is 3.27. The molecule has 1 rings (SSSR count). The van der Waals surface area contributed by atoms with Gasteiger partial charge >= 0.3 is 5.97 Å². The molecule has 3 nitrogen and oxygen atoms in total. The standard InChI is InChI=1S/C9H11BrNO2.BrH/c1-2-13-9(12)7-11-6-4-3-5-8(11)10;/h3-6H,2,7H2,1H3;1H/q+1;/p-1. The zero-order valence-electron chi connectivity index (χ0n) is 7.74. The maximum absolute atomic E-state index is 11.1. The fourth-order valence-corrected chi connectivity index (χ4v) is 1.33. The lowest BCUT2D eigenvalue weighted by molar-refractivity contribution is -0.696. The summed E-state index contributed by atoms with van der Waals surface area (Å²) in [6.45, 7) is 2.46. The van der Waals surface area contributed by atoms with E-state index in [0.29, 0.717) is 6.61 Å². The van der Waals surface area contributed by atoms with Crippen LogP contribution in [0.25, 0.3) is 0 Å². The van der Waals surface area contributed by atoms with Crippen molar-refractivity contribution in [3.05, 3.63) is 29.0 Å². The number of ether oxygens (including phenoxy) is 1. The van der Waals surface area contributed by atoms with Crippen LogP contribution in [0.15, 0.2) is 29.0 Å². The fraction of sp³-hybridized carbons (Fsp3) is 0.333. The summed E-state index contributed by atoms with van der Waals surface area (Å²) in [6, 6.07) is 5.63. The van der Waals surface area contributed by atoms with Gasteiger partial charge in [0.15, 0.2) is 6.20 Å². The molecule has 0 bridgehead atoms. The smallest absolute Gasteiger partial charge is 0.372 e. The first-order valence-corrected chi connectivity index (χ1v) is 4.83. The highest BCUT2D eigenvalue weighted by Crippen LogP contribution is 2.00. The van der Waals surface area contributed by atoms with Crippen molar-refractivity contribution < 1.29 is 31.1 Å². The molecule has 0 aliphatic carbocycles. The molecule has 0 N–H and O–H groups in total. The van der Waals surface area contributed by atoms with Gasteiger partial charge in [-0.05, 0) is 13.0 Å². The van der Waals surface area contributed by atoms with Gasteiger partial charge in [-0.15, -0.1) is 0 Å². The summed E-state index contributed by atoms with van der Waals surface area (Å²) in [7, 11) is 0. The van der Waals surface area contributed by atoms with Crippen molar-refractivity contribution in [2.75, 3.05) is 6.61 Å². The summed E-state index contributed by atoms with van der Waals surface area (Å²) >= 11 is 3.33. The van der Waals surface area contributed by atoms with Crippen molar-refractivity contribution >= 4 is 21.9 Å². The number of rotatable bonds is 3. The lowest BCUT2D eigenvalue weighted by atomic mass is 10.5. The van der Waals surface area contributed by atoms with Gasteiger partial charge in [-0.1, -0.05) is 0 Å². The molecular formula is C9H11Br2NO2. The van der Waals surface area contributed by atoms with Gasteiger partial charge in [-0.25, -0.2) is 4.79 Å². The van der Waals surface area contributed by atoms with E-state index < -0.39 is 0 Å². The van der Waals surface area contributed by atoms with Crippen molar-refractivity contribution in [1.29, 1.82) is 0 Å². The van der Waals surface area contributed by atoms with Gasteiger partial charge in [-0.2, -0.15) is 4.57 Å². The normalized spacial score (nSPS) is 9.00. The Kier molecular flexibility index (Phi) is 6.74. The van der Waals surface area contributed by atoms with Crippen LogP contribution in [0.5, 0.6) is 0 Å². The lowest BCUT2D eigenvalue weighted by Crippen LogP contribution is -3.00. The SMILES string of the molecule is CCOC(=O)C[n+]1ccccc1Br.[Br-]. The molecule has 0 atom stereocenters. The van der Waals surface area contributed by atoms with E-state index in [9.17, 15) is 4.79 Å². The van der Waals surface area contributed by atoms with Crippen molar-refractivity contribution in [2.24, 2.45) is 0 Å². The molecule has 0 amide bonds. The fourth-order valence-electron chi connectivity index (χ4n) is 0.929. The third kappa shape index (κ3) is 4.19. The van der Waals surface area contributed by atoms with Crippen LogP contribution in [-0.2, 0) is 16.1 Å². The van der Waals surface area contributed by atoms with E-state index in [2.05, 4.69) is 15.9 Å². The molecule has 78 valence electrons. The topological polar surface area (TPSA) is 30.2 Å². The number of halogens is 2. The van der Waals surface area contributed by atoms with Gasteiger partial charge in [0.05, 0.1) is 6.61 Å². The maximum Gasteiger partial charge on any atom is 0.372 e. The minimum atomic E-state index is -0.223. The van der Waals surface area contributed by atoms with E-state index in [1.165, 1.54) is 0 Å². The molecule has 0 spiro atoms. The second kappa shape index (κ2) is 6.95. The molecular weight excluding hydrogens is 314 g/mol. The van der Waals surface area contributed by atoms with Crippen LogP contribution < -0.4 is 21.5 Å². The Morgan fingerprint density at radius 1 is 1.57 bits per heavy atom. The number of nitrogens with zero attached hydrogens (tertiary/aromatic N) is 1. The van der Waals surface area contributed by atoms with Gasteiger partial charge in [0.1, 0.15) is 0 Å². The summed E-state index contributed by atoms with van der Waals surface area (Å²) in [4.78, 5) is 11.1. The molecule has 0 saturated carbocycles. The van der Waals surface area contributed by atoms with Crippen LogP contribution in [0.1, 0.15) is 6.92 Å². The maximum atomic E-state index is 11.1. The number of hydrogen-bond donors (Lipinski definition) is 0. The Balaban J connectivity index is 0.00000169. The highest BCUT2D eigenvalue weighted by atomic mass is 79.9. The number of aromatic nitrogens is 1. The van der Waals surface area contributed by atoms with Gasteiger partial charge < -0.3 is 21.7 Å². The summed E-state index contributed by atoms with van der Waals surface area (Å²) < 4.78 is 7.46. The molecule has 5 heteroatoms. The van der Waals surface area contributed by atoms with E-state index >= 15 is 0 Å². The van der Waals surface area contributed by atoms with E-state index in [1.807, 2.05) is 24.4 Å². The Labute approximate surface area is 102 Å². The predicted molar refractivity (Wildman–Crippen MR) is 51.0 cm³/mol. The van der Waals surface area contributed by atoms with E-state index in [4.69, 9.17) is 4.74 Å². The van der Waals surface area contributed by atoms with Crippen LogP contribution in [0, 0.1) is 0 Å². The van der Waals surface area contributed by atoms with Crippen molar-refractivity contribution in [2.45, 2.75) is 13.5 Å². The summed E-state index contributed by atoms with van der Waals surface area (Å²) in [5.74, 6) is -0.223. The first kappa shape index (κ1) is 13.6. The Hall–Kier alpha value is -0.420. The quantitative estimate of drug-likeness (QED) is 0.377. The van der Waals surface area contributed by atoms with Crippen LogP contribution in [-0.4, -0.2) is 12.6 Å². The zero-order valence-corrected chi connectivity index (χ0v) is 10.9. The Bertz CT molecular complexity index is 305. The third-order valence-corrected chi connectivity index (χ3v) is 2.21. The molecule has 0 aliphatic heterocycles. The monoisotopic (exact) mass is 323 g/mol. The molecule has 1 aromatic rings. The minimum Gasteiger partial charge on any atom is -1.00 e. The van der Waals surface area contributed by atoms with E-state index in [0.717, 1.165) is 4.60 Å². The van der Waals surface area contributed by atoms with Crippen LogP contribution in [0.4, 0.5) is 0 Å².